The molecule has 1 aromatic carbocycles. The molecule has 0 saturated carbocycles. The SMILES string of the molecule is CN(c1nnc(-c2ccc(N(N)/C=C\N)cc2Cl)s1)C1CC(C)(C)NC(C)(C)C1. The van der Waals surface area contributed by atoms with Crippen LogP contribution < -0.4 is 26.8 Å². The molecule has 2 aromatic rings. The van der Waals surface area contributed by atoms with Gasteiger partial charge in [-0.3, -0.25) is 5.01 Å². The van der Waals surface area contributed by atoms with Crippen molar-refractivity contribution in [3.63, 3.8) is 0 Å². The minimum atomic E-state index is 0.0689. The number of hydrogen-bond donors (Lipinski definition) is 3. The van der Waals surface area contributed by atoms with Gasteiger partial charge in [0.2, 0.25) is 5.13 Å². The maximum absolute atomic E-state index is 6.50. The lowest BCUT2D eigenvalue weighted by Gasteiger charge is -2.48. The van der Waals surface area contributed by atoms with E-state index in [1.54, 1.807) is 23.6 Å². The molecule has 0 unspecified atom stereocenters. The monoisotopic (exact) mass is 435 g/mol. The number of piperidine rings is 1. The van der Waals surface area contributed by atoms with Crippen LogP contribution in [0, 0.1) is 0 Å². The molecule has 0 aliphatic carbocycles. The molecule has 0 radical (unpaired) electrons. The summed E-state index contributed by atoms with van der Waals surface area (Å²) in [5, 5.41) is 16.2. The average Bonchev–Trinajstić information content (AvgIpc) is 3.08. The highest BCUT2D eigenvalue weighted by atomic mass is 35.5. The summed E-state index contributed by atoms with van der Waals surface area (Å²) in [6.07, 6.45) is 5.01. The van der Waals surface area contributed by atoms with Gasteiger partial charge in [-0.1, -0.05) is 22.9 Å². The number of aromatic nitrogens is 2. The lowest BCUT2D eigenvalue weighted by Crippen LogP contribution is -2.61. The lowest BCUT2D eigenvalue weighted by molar-refractivity contribution is 0.161. The minimum Gasteiger partial charge on any atom is -0.403 e. The van der Waals surface area contributed by atoms with Crippen molar-refractivity contribution < 1.29 is 0 Å². The predicted molar refractivity (Wildman–Crippen MR) is 123 cm³/mol. The Balaban J connectivity index is 1.82. The van der Waals surface area contributed by atoms with Crippen LogP contribution in [0.4, 0.5) is 10.8 Å². The largest absolute Gasteiger partial charge is 0.403 e. The zero-order valence-electron chi connectivity index (χ0n) is 17.6. The van der Waals surface area contributed by atoms with Gasteiger partial charge in [0.25, 0.3) is 0 Å². The molecule has 5 N–H and O–H groups in total. The second-order valence-electron chi connectivity index (χ2n) is 8.87. The Kier molecular flexibility index (Phi) is 6.10. The molecule has 0 amide bonds. The molecule has 1 aliphatic rings. The maximum atomic E-state index is 6.50. The van der Waals surface area contributed by atoms with Crippen molar-refractivity contribution in [2.45, 2.75) is 57.7 Å². The highest BCUT2D eigenvalue weighted by Crippen LogP contribution is 2.38. The van der Waals surface area contributed by atoms with E-state index in [9.17, 15) is 0 Å². The number of rotatable bonds is 5. The van der Waals surface area contributed by atoms with E-state index in [0.717, 1.165) is 34.2 Å². The zero-order chi connectivity index (χ0) is 21.4. The highest BCUT2D eigenvalue weighted by Gasteiger charge is 2.39. The van der Waals surface area contributed by atoms with E-state index in [1.165, 1.54) is 11.2 Å². The summed E-state index contributed by atoms with van der Waals surface area (Å²) in [5.74, 6) is 5.90. The Morgan fingerprint density at radius 1 is 1.21 bits per heavy atom. The highest BCUT2D eigenvalue weighted by molar-refractivity contribution is 7.18. The first-order valence-electron chi connectivity index (χ1n) is 9.59. The zero-order valence-corrected chi connectivity index (χ0v) is 19.2. The van der Waals surface area contributed by atoms with Gasteiger partial charge in [0.15, 0.2) is 5.01 Å². The number of nitrogens with zero attached hydrogens (tertiary/aromatic N) is 4. The number of nitrogens with one attached hydrogen (secondary N) is 1. The van der Waals surface area contributed by atoms with Gasteiger partial charge in [-0.15, -0.1) is 10.2 Å². The van der Waals surface area contributed by atoms with Gasteiger partial charge in [-0.25, -0.2) is 5.84 Å². The van der Waals surface area contributed by atoms with Crippen LogP contribution in [0.3, 0.4) is 0 Å². The van der Waals surface area contributed by atoms with Crippen LogP contribution in [-0.2, 0) is 0 Å². The van der Waals surface area contributed by atoms with Gasteiger partial charge in [0.05, 0.1) is 10.7 Å². The van der Waals surface area contributed by atoms with Gasteiger partial charge >= 0.3 is 0 Å². The summed E-state index contributed by atoms with van der Waals surface area (Å²) in [5.41, 5.74) is 7.10. The standard InChI is InChI=1S/C20H30ClN7S/c1-19(2)11-14(12-20(3,4)26-19)27(5)18-25-24-17(29-18)15-7-6-13(10-16(15)21)28(23)9-8-22/h6-10,14,26H,11-12,22-23H2,1-5H3/b9-8-. The van der Waals surface area contributed by atoms with Crippen molar-refractivity contribution in [1.82, 2.24) is 15.5 Å². The average molecular weight is 436 g/mol. The first kappa shape index (κ1) is 21.8. The summed E-state index contributed by atoms with van der Waals surface area (Å²) in [6, 6.07) is 5.96. The van der Waals surface area contributed by atoms with E-state index in [4.69, 9.17) is 23.2 Å². The number of benzene rings is 1. The molecule has 3 rings (SSSR count). The molecule has 0 spiro atoms. The van der Waals surface area contributed by atoms with Gasteiger partial charge in [0, 0.05) is 42.1 Å². The van der Waals surface area contributed by atoms with Crippen LogP contribution in [0.15, 0.2) is 30.6 Å². The Morgan fingerprint density at radius 2 is 1.86 bits per heavy atom. The molecule has 1 saturated heterocycles. The molecule has 1 aromatic heterocycles. The number of nitrogens with two attached hydrogens (primary N) is 2. The van der Waals surface area contributed by atoms with Crippen LogP contribution in [0.25, 0.3) is 10.6 Å². The van der Waals surface area contributed by atoms with Crippen LogP contribution in [0.1, 0.15) is 40.5 Å². The van der Waals surface area contributed by atoms with Crippen molar-refractivity contribution in [3.05, 3.63) is 35.6 Å². The van der Waals surface area contributed by atoms with Crippen LogP contribution in [-0.4, -0.2) is 34.4 Å². The van der Waals surface area contributed by atoms with Gasteiger partial charge in [-0.2, -0.15) is 0 Å². The van der Waals surface area contributed by atoms with E-state index >= 15 is 0 Å². The smallest absolute Gasteiger partial charge is 0.208 e. The fraction of sp³-hybridized carbons (Fsp3) is 0.500. The van der Waals surface area contributed by atoms with Crippen LogP contribution in [0.2, 0.25) is 5.02 Å². The third-order valence-electron chi connectivity index (χ3n) is 5.16. The van der Waals surface area contributed by atoms with Gasteiger partial charge < -0.3 is 16.0 Å². The van der Waals surface area contributed by atoms with Crippen LogP contribution in [0.5, 0.6) is 0 Å². The lowest BCUT2D eigenvalue weighted by atomic mass is 9.79. The van der Waals surface area contributed by atoms with Crippen molar-refractivity contribution >= 4 is 33.8 Å². The molecule has 2 heterocycles. The van der Waals surface area contributed by atoms with E-state index in [1.807, 2.05) is 12.1 Å². The Hall–Kier alpha value is -1.87. The van der Waals surface area contributed by atoms with Gasteiger partial charge in [-0.05, 0) is 58.7 Å². The molecule has 29 heavy (non-hydrogen) atoms. The van der Waals surface area contributed by atoms with Crippen molar-refractivity contribution in [2.24, 2.45) is 11.6 Å². The summed E-state index contributed by atoms with van der Waals surface area (Å²) < 4.78 is 0. The van der Waals surface area contributed by atoms with Crippen LogP contribution >= 0.6 is 22.9 Å². The van der Waals surface area contributed by atoms with Crippen molar-refractivity contribution in [2.75, 3.05) is 17.0 Å². The molecule has 7 nitrogen and oxygen atoms in total. The van der Waals surface area contributed by atoms with Crippen molar-refractivity contribution in [3.8, 4) is 10.6 Å². The first-order valence-corrected chi connectivity index (χ1v) is 10.8. The molecule has 0 atom stereocenters. The normalized spacial score (nSPS) is 18.9. The van der Waals surface area contributed by atoms with E-state index < -0.39 is 0 Å². The molecule has 1 aliphatic heterocycles. The fourth-order valence-corrected chi connectivity index (χ4v) is 5.42. The summed E-state index contributed by atoms with van der Waals surface area (Å²) >= 11 is 8.05. The third-order valence-corrected chi connectivity index (χ3v) is 6.52. The first-order chi connectivity index (χ1) is 13.5. The molecule has 9 heteroatoms. The number of anilines is 2. The minimum absolute atomic E-state index is 0.0689. The fourth-order valence-electron chi connectivity index (χ4n) is 4.18. The Labute approximate surface area is 181 Å². The molecule has 158 valence electrons. The topological polar surface area (TPSA) is 96.3 Å². The predicted octanol–water partition coefficient (Wildman–Crippen LogP) is 3.71. The Bertz CT molecular complexity index is 877. The van der Waals surface area contributed by atoms with E-state index in [2.05, 4.69) is 55.2 Å². The molecular weight excluding hydrogens is 406 g/mol. The van der Waals surface area contributed by atoms with E-state index in [0.29, 0.717) is 11.1 Å². The number of halogens is 1. The second kappa shape index (κ2) is 8.10. The second-order valence-corrected chi connectivity index (χ2v) is 10.2. The number of hydrazine groups is 1. The summed E-state index contributed by atoms with van der Waals surface area (Å²) in [6.45, 7) is 9.01. The Morgan fingerprint density at radius 3 is 2.45 bits per heavy atom. The quantitative estimate of drug-likeness (QED) is 0.486. The summed E-state index contributed by atoms with van der Waals surface area (Å²) in [7, 11) is 2.10. The summed E-state index contributed by atoms with van der Waals surface area (Å²) in [4.78, 5) is 2.25. The molecule has 0 bridgehead atoms. The molecule has 1 fully saturated rings. The van der Waals surface area contributed by atoms with Crippen molar-refractivity contribution in [1.29, 1.82) is 0 Å². The maximum Gasteiger partial charge on any atom is 0.208 e. The van der Waals surface area contributed by atoms with Gasteiger partial charge in [0.1, 0.15) is 0 Å². The van der Waals surface area contributed by atoms with E-state index in [-0.39, 0.29) is 11.1 Å². The molecular formula is C20H30ClN7S. The third kappa shape index (κ3) is 5.01. The number of hydrogen-bond acceptors (Lipinski definition) is 8.